The van der Waals surface area contributed by atoms with Crippen molar-refractivity contribution in [3.63, 3.8) is 0 Å². The first-order chi connectivity index (χ1) is 19.5. The number of anilines is 1. The van der Waals surface area contributed by atoms with E-state index in [9.17, 15) is 9.59 Å². The van der Waals surface area contributed by atoms with Crippen molar-refractivity contribution in [2.45, 2.75) is 25.9 Å². The van der Waals surface area contributed by atoms with Crippen LogP contribution in [0.25, 0.3) is 16.9 Å². The van der Waals surface area contributed by atoms with E-state index in [4.69, 9.17) is 26.1 Å². The van der Waals surface area contributed by atoms with Crippen molar-refractivity contribution in [2.24, 2.45) is 0 Å². The lowest BCUT2D eigenvalue weighted by Gasteiger charge is -2.25. The van der Waals surface area contributed by atoms with Gasteiger partial charge in [-0.2, -0.15) is 0 Å². The highest BCUT2D eigenvalue weighted by molar-refractivity contribution is 6.30. The van der Waals surface area contributed by atoms with Crippen LogP contribution >= 0.6 is 11.6 Å². The van der Waals surface area contributed by atoms with Crippen molar-refractivity contribution < 1.29 is 19.1 Å². The molecular formula is C31H31ClN4O4. The van der Waals surface area contributed by atoms with Crippen LogP contribution in [-0.2, 0) is 9.53 Å². The van der Waals surface area contributed by atoms with Gasteiger partial charge in [0.2, 0.25) is 11.9 Å². The molecule has 0 unspecified atom stereocenters. The Bertz CT molecular complexity index is 1450. The Kier molecular flexibility index (Phi) is 8.78. The first kappa shape index (κ1) is 27.4. The summed E-state index contributed by atoms with van der Waals surface area (Å²) in [5.74, 6) is 0.421. The molecule has 9 heteroatoms. The van der Waals surface area contributed by atoms with Crippen LogP contribution in [0.5, 0.6) is 5.75 Å². The van der Waals surface area contributed by atoms with Crippen LogP contribution < -0.4 is 10.1 Å². The van der Waals surface area contributed by atoms with Crippen LogP contribution in [0.3, 0.4) is 0 Å². The van der Waals surface area contributed by atoms with Gasteiger partial charge in [0, 0.05) is 41.6 Å². The molecule has 1 aromatic heterocycles. The summed E-state index contributed by atoms with van der Waals surface area (Å²) in [6.07, 6.45) is 3.53. The summed E-state index contributed by atoms with van der Waals surface area (Å²) < 4.78 is 13.3. The molecule has 0 saturated carbocycles. The Morgan fingerprint density at radius 2 is 1.90 bits per heavy atom. The molecule has 4 aromatic rings. The van der Waals surface area contributed by atoms with Crippen molar-refractivity contribution in [1.82, 2.24) is 14.5 Å². The summed E-state index contributed by atoms with van der Waals surface area (Å²) in [6.45, 7) is 3.27. The van der Waals surface area contributed by atoms with Crippen molar-refractivity contribution in [3.05, 3.63) is 95.6 Å². The number of aromatic nitrogens is 2. The van der Waals surface area contributed by atoms with Gasteiger partial charge in [0.15, 0.2) is 0 Å². The topological polar surface area (TPSA) is 85.7 Å². The molecule has 0 aliphatic carbocycles. The smallest absolute Gasteiger partial charge is 0.254 e. The van der Waals surface area contributed by atoms with Crippen LogP contribution in [-0.4, -0.2) is 58.7 Å². The fraction of sp³-hybridized carbons (Fsp3) is 0.258. The second-order valence-corrected chi connectivity index (χ2v) is 9.93. The number of amides is 2. The van der Waals surface area contributed by atoms with Crippen molar-refractivity contribution in [2.75, 3.05) is 31.6 Å². The highest BCUT2D eigenvalue weighted by atomic mass is 35.5. The number of benzene rings is 3. The number of carbonyl (C=O) groups is 2. The van der Waals surface area contributed by atoms with Crippen molar-refractivity contribution in [1.29, 1.82) is 0 Å². The largest absolute Gasteiger partial charge is 0.494 e. The number of carbonyl (C=O) groups excluding carboxylic acids is 2. The zero-order valence-corrected chi connectivity index (χ0v) is 23.0. The van der Waals surface area contributed by atoms with E-state index in [0.717, 1.165) is 24.1 Å². The molecule has 1 fully saturated rings. The Balaban J connectivity index is 1.42. The van der Waals surface area contributed by atoms with E-state index in [1.54, 1.807) is 24.3 Å². The van der Waals surface area contributed by atoms with Gasteiger partial charge >= 0.3 is 0 Å². The zero-order valence-electron chi connectivity index (χ0n) is 22.3. The van der Waals surface area contributed by atoms with Gasteiger partial charge in [-0.3, -0.25) is 19.5 Å². The van der Waals surface area contributed by atoms with Crippen molar-refractivity contribution in [3.8, 4) is 22.7 Å². The lowest BCUT2D eigenvalue weighted by Crippen LogP contribution is -2.42. The molecule has 3 aromatic carbocycles. The monoisotopic (exact) mass is 558 g/mol. The summed E-state index contributed by atoms with van der Waals surface area (Å²) in [4.78, 5) is 33.1. The van der Waals surface area contributed by atoms with E-state index >= 15 is 0 Å². The summed E-state index contributed by atoms with van der Waals surface area (Å²) in [7, 11) is 0. The van der Waals surface area contributed by atoms with Crippen LogP contribution in [0.15, 0.2) is 85.1 Å². The predicted octanol–water partition coefficient (Wildman–Crippen LogP) is 5.85. The average Bonchev–Trinajstić information content (AvgIpc) is 3.64. The number of rotatable bonds is 10. The maximum atomic E-state index is 13.4. The van der Waals surface area contributed by atoms with E-state index < -0.39 is 0 Å². The number of imidazole rings is 1. The molecular weight excluding hydrogens is 528 g/mol. The van der Waals surface area contributed by atoms with E-state index in [1.807, 2.05) is 72.3 Å². The Morgan fingerprint density at radius 3 is 2.62 bits per heavy atom. The van der Waals surface area contributed by atoms with E-state index in [0.29, 0.717) is 47.7 Å². The van der Waals surface area contributed by atoms with Gasteiger partial charge in [0.05, 0.1) is 24.1 Å². The number of halogens is 1. The minimum Gasteiger partial charge on any atom is -0.494 e. The lowest BCUT2D eigenvalue weighted by atomic mass is 10.1. The molecule has 0 bridgehead atoms. The number of nitrogens with one attached hydrogen (secondary N) is 1. The molecule has 1 N–H and O–H groups in total. The molecule has 1 aliphatic heterocycles. The van der Waals surface area contributed by atoms with Gasteiger partial charge in [-0.15, -0.1) is 0 Å². The van der Waals surface area contributed by atoms with Crippen LogP contribution in [0, 0.1) is 0 Å². The molecule has 0 radical (unpaired) electrons. The Morgan fingerprint density at radius 1 is 1.10 bits per heavy atom. The predicted molar refractivity (Wildman–Crippen MR) is 155 cm³/mol. The average molecular weight is 559 g/mol. The number of ether oxygens (including phenoxy) is 2. The normalized spacial score (nSPS) is 14.6. The standard InChI is InChI=1S/C31H31ClN4O4/c1-2-39-26-11-6-10-25(18-26)36-20-28(22-8-4-3-5-9-22)33-31(36)34-29(37)21-35(19-27-12-7-17-40-27)30(38)23-13-15-24(32)16-14-23/h3-6,8-11,13-16,18,20,27H,2,7,12,17,19,21H2,1H3,(H,33,34,37)/t27-/m1/s1. The highest BCUT2D eigenvalue weighted by Crippen LogP contribution is 2.26. The molecule has 1 saturated heterocycles. The molecule has 2 amide bonds. The highest BCUT2D eigenvalue weighted by Gasteiger charge is 2.26. The van der Waals surface area contributed by atoms with E-state index in [-0.39, 0.29) is 24.5 Å². The molecule has 1 aliphatic rings. The molecule has 2 heterocycles. The minimum absolute atomic E-state index is 0.114. The maximum absolute atomic E-state index is 13.4. The minimum atomic E-state index is -0.368. The summed E-state index contributed by atoms with van der Waals surface area (Å²) in [5, 5.41) is 3.47. The third-order valence-electron chi connectivity index (χ3n) is 6.59. The number of nitrogens with zero attached hydrogens (tertiary/aromatic N) is 3. The van der Waals surface area contributed by atoms with Crippen molar-refractivity contribution >= 4 is 29.4 Å². The molecule has 0 spiro atoms. The molecule has 1 atom stereocenters. The quantitative estimate of drug-likeness (QED) is 0.264. The summed E-state index contributed by atoms with van der Waals surface area (Å²) in [5.41, 5.74) is 2.85. The number of hydrogen-bond donors (Lipinski definition) is 1. The summed E-state index contributed by atoms with van der Waals surface area (Å²) >= 11 is 6.02. The second-order valence-electron chi connectivity index (χ2n) is 9.49. The summed E-state index contributed by atoms with van der Waals surface area (Å²) in [6, 6.07) is 24.0. The van der Waals surface area contributed by atoms with Gasteiger partial charge < -0.3 is 14.4 Å². The molecule has 206 valence electrons. The number of hydrogen-bond acceptors (Lipinski definition) is 5. The molecule has 8 nitrogen and oxygen atoms in total. The fourth-order valence-electron chi connectivity index (χ4n) is 4.67. The van der Waals surface area contributed by atoms with Gasteiger partial charge in [0.1, 0.15) is 12.3 Å². The molecule has 40 heavy (non-hydrogen) atoms. The first-order valence-corrected chi connectivity index (χ1v) is 13.7. The van der Waals surface area contributed by atoms with Crippen LogP contribution in [0.4, 0.5) is 5.95 Å². The Hall–Kier alpha value is -4.14. The zero-order chi connectivity index (χ0) is 27.9. The fourth-order valence-corrected chi connectivity index (χ4v) is 4.80. The van der Waals surface area contributed by atoms with Crippen LogP contribution in [0.1, 0.15) is 30.1 Å². The van der Waals surface area contributed by atoms with E-state index in [1.165, 1.54) is 4.90 Å². The first-order valence-electron chi connectivity index (χ1n) is 13.3. The van der Waals surface area contributed by atoms with Gasteiger partial charge in [-0.1, -0.05) is 48.0 Å². The van der Waals surface area contributed by atoms with Crippen LogP contribution in [0.2, 0.25) is 5.02 Å². The molecule has 5 rings (SSSR count). The Labute approximate surface area is 238 Å². The van der Waals surface area contributed by atoms with Gasteiger partial charge in [0.25, 0.3) is 5.91 Å². The lowest BCUT2D eigenvalue weighted by molar-refractivity contribution is -0.117. The van der Waals surface area contributed by atoms with Gasteiger partial charge in [-0.05, 0) is 56.2 Å². The third-order valence-corrected chi connectivity index (χ3v) is 6.85. The van der Waals surface area contributed by atoms with E-state index in [2.05, 4.69) is 5.32 Å². The third kappa shape index (κ3) is 6.70. The SMILES string of the molecule is CCOc1cccc(-n2cc(-c3ccccc3)nc2NC(=O)CN(C[C@H]2CCCO2)C(=O)c2ccc(Cl)cc2)c1. The second kappa shape index (κ2) is 12.8. The van der Waals surface area contributed by atoms with Gasteiger partial charge in [-0.25, -0.2) is 4.98 Å². The maximum Gasteiger partial charge on any atom is 0.254 e.